The Balaban J connectivity index is 4.52. The fourth-order valence-electron chi connectivity index (χ4n) is 7.08. The summed E-state index contributed by atoms with van der Waals surface area (Å²) >= 11 is 0. The van der Waals surface area contributed by atoms with Gasteiger partial charge in [-0.1, -0.05) is 239 Å². The van der Waals surface area contributed by atoms with Gasteiger partial charge in [0.1, 0.15) is 13.2 Å². The third-order valence-electron chi connectivity index (χ3n) is 11.0. The first-order valence-electron chi connectivity index (χ1n) is 26.9. The molecule has 0 aliphatic carbocycles. The van der Waals surface area contributed by atoms with Gasteiger partial charge in [-0.05, 0) is 83.5 Å². The third-order valence-corrected chi connectivity index (χ3v) is 11.0. The van der Waals surface area contributed by atoms with Gasteiger partial charge in [-0.25, -0.2) is 0 Å². The Morgan fingerprint density at radius 1 is 0.318 bits per heavy atom. The number of esters is 3. The number of carbonyl (C=O) groups excluding carboxylic acids is 3. The molecule has 0 aromatic rings. The van der Waals surface area contributed by atoms with Crippen molar-refractivity contribution in [1.29, 1.82) is 0 Å². The van der Waals surface area contributed by atoms with E-state index in [2.05, 4.69) is 118 Å². The molecule has 0 saturated heterocycles. The highest BCUT2D eigenvalue weighted by Gasteiger charge is 2.19. The Kier molecular flexibility index (Phi) is 50.5. The van der Waals surface area contributed by atoms with Crippen molar-refractivity contribution >= 4 is 17.9 Å². The van der Waals surface area contributed by atoms with Gasteiger partial charge in [0.05, 0.1) is 0 Å². The zero-order valence-electron chi connectivity index (χ0n) is 42.7. The van der Waals surface area contributed by atoms with Crippen LogP contribution in [0.15, 0.2) is 109 Å². The molecule has 1 atom stereocenters. The van der Waals surface area contributed by atoms with E-state index in [1.807, 2.05) is 12.2 Å². The Labute approximate surface area is 406 Å². The highest BCUT2D eigenvalue weighted by molar-refractivity contribution is 5.71. The van der Waals surface area contributed by atoms with Gasteiger partial charge in [-0.15, -0.1) is 0 Å². The van der Waals surface area contributed by atoms with Gasteiger partial charge in [0.15, 0.2) is 6.10 Å². The van der Waals surface area contributed by atoms with Crippen molar-refractivity contribution < 1.29 is 28.6 Å². The lowest BCUT2D eigenvalue weighted by molar-refractivity contribution is -0.166. The molecule has 0 N–H and O–H groups in total. The van der Waals surface area contributed by atoms with Gasteiger partial charge < -0.3 is 14.2 Å². The number of rotatable bonds is 47. The monoisotopic (exact) mass is 915 g/mol. The van der Waals surface area contributed by atoms with Crippen molar-refractivity contribution in [2.75, 3.05) is 13.2 Å². The molecule has 6 nitrogen and oxygen atoms in total. The minimum atomic E-state index is -0.836. The van der Waals surface area contributed by atoms with Crippen LogP contribution in [0.2, 0.25) is 0 Å². The first kappa shape index (κ1) is 62.1. The minimum absolute atomic E-state index is 0.122. The van der Waals surface area contributed by atoms with Crippen molar-refractivity contribution in [3.8, 4) is 0 Å². The molecule has 0 aliphatic heterocycles. The zero-order valence-corrected chi connectivity index (χ0v) is 42.7. The number of hydrogen-bond donors (Lipinski definition) is 0. The summed E-state index contributed by atoms with van der Waals surface area (Å²) < 4.78 is 16.7. The van der Waals surface area contributed by atoms with E-state index in [-0.39, 0.29) is 44.0 Å². The standard InChI is InChI=1S/C60H98O6/c1-4-7-10-13-16-19-22-25-27-29-31-32-35-38-41-44-47-50-53-59(62)65-56-57(55-64-58(61)52-49-46-43-40-37-34-24-21-18-15-12-9-6-3)66-60(63)54-51-48-45-42-39-36-33-30-28-26-23-20-17-14-11-8-5-2/h8-9,11-12,17-18,20-21,26,28,33-34,36-37,42-43,45-46,57H,4-7,10,13-16,19,22-25,27,29-32,35,38-41,44,47-56H2,1-3H3/b11-8-,12-9-,20-17-,21-18-,28-26-,36-33-,37-34-,45-42-,46-43-. The molecule has 1 unspecified atom stereocenters. The molecule has 0 aliphatic rings. The van der Waals surface area contributed by atoms with Crippen LogP contribution in [0.4, 0.5) is 0 Å². The molecule has 0 heterocycles. The van der Waals surface area contributed by atoms with E-state index in [4.69, 9.17) is 14.2 Å². The minimum Gasteiger partial charge on any atom is -0.462 e. The fraction of sp³-hybridized carbons (Fsp3) is 0.650. The molecular weight excluding hydrogens is 817 g/mol. The quantitative estimate of drug-likeness (QED) is 0.0262. The largest absolute Gasteiger partial charge is 0.462 e. The summed E-state index contributed by atoms with van der Waals surface area (Å²) in [5, 5.41) is 0. The van der Waals surface area contributed by atoms with Crippen molar-refractivity contribution in [3.05, 3.63) is 109 Å². The van der Waals surface area contributed by atoms with Crippen molar-refractivity contribution in [2.45, 2.75) is 239 Å². The van der Waals surface area contributed by atoms with E-state index in [1.54, 1.807) is 0 Å². The maximum Gasteiger partial charge on any atom is 0.306 e. The van der Waals surface area contributed by atoms with Crippen LogP contribution >= 0.6 is 0 Å². The second-order valence-electron chi connectivity index (χ2n) is 17.4. The lowest BCUT2D eigenvalue weighted by Gasteiger charge is -2.18. The van der Waals surface area contributed by atoms with Gasteiger partial charge in [0.2, 0.25) is 0 Å². The van der Waals surface area contributed by atoms with Crippen LogP contribution in [0.3, 0.4) is 0 Å². The Morgan fingerprint density at radius 3 is 1.00 bits per heavy atom. The van der Waals surface area contributed by atoms with Crippen LogP contribution in [0.1, 0.15) is 233 Å². The summed E-state index contributed by atoms with van der Waals surface area (Å²) in [6.07, 6.45) is 72.4. The van der Waals surface area contributed by atoms with Gasteiger partial charge >= 0.3 is 17.9 Å². The second kappa shape index (κ2) is 53.7. The predicted molar refractivity (Wildman–Crippen MR) is 283 cm³/mol. The predicted octanol–water partition coefficient (Wildman–Crippen LogP) is 17.9. The third kappa shape index (κ3) is 51.1. The molecule has 0 amide bonds. The molecule has 0 fully saturated rings. The highest BCUT2D eigenvalue weighted by atomic mass is 16.6. The van der Waals surface area contributed by atoms with E-state index in [9.17, 15) is 14.4 Å². The van der Waals surface area contributed by atoms with Crippen molar-refractivity contribution in [2.24, 2.45) is 0 Å². The van der Waals surface area contributed by atoms with Gasteiger partial charge in [0.25, 0.3) is 0 Å². The molecule has 66 heavy (non-hydrogen) atoms. The van der Waals surface area contributed by atoms with E-state index in [0.717, 1.165) is 83.5 Å². The smallest absolute Gasteiger partial charge is 0.306 e. The summed E-state index contributed by atoms with van der Waals surface area (Å²) in [4.78, 5) is 38.0. The molecule has 0 saturated carbocycles. The molecule has 0 aromatic heterocycles. The van der Waals surface area contributed by atoms with Crippen molar-refractivity contribution in [1.82, 2.24) is 0 Å². The number of hydrogen-bond acceptors (Lipinski definition) is 6. The normalized spacial score (nSPS) is 13.0. The number of allylic oxidation sites excluding steroid dienone is 18. The summed E-state index contributed by atoms with van der Waals surface area (Å²) in [5.41, 5.74) is 0. The average molecular weight is 915 g/mol. The fourth-order valence-corrected chi connectivity index (χ4v) is 7.08. The van der Waals surface area contributed by atoms with E-state index in [0.29, 0.717) is 19.3 Å². The van der Waals surface area contributed by atoms with E-state index in [1.165, 1.54) is 96.3 Å². The lowest BCUT2D eigenvalue weighted by Crippen LogP contribution is -2.30. The lowest BCUT2D eigenvalue weighted by atomic mass is 10.0. The molecule has 0 radical (unpaired) electrons. The Bertz CT molecular complexity index is 1370. The first-order valence-corrected chi connectivity index (χ1v) is 26.9. The second-order valence-corrected chi connectivity index (χ2v) is 17.4. The molecule has 374 valence electrons. The molecule has 6 heteroatoms. The SMILES string of the molecule is CC/C=C\C/C=C\C/C=C\C/C=C\C/C=C\CCCC(=O)OC(COC(=O)CC/C=C\C/C=C\C/C=C\C/C=C\CC)COC(=O)CCCCCCCCCCCCCCCCCCCC. The summed E-state index contributed by atoms with van der Waals surface area (Å²) in [6.45, 7) is 6.30. The first-order chi connectivity index (χ1) is 32.5. The summed E-state index contributed by atoms with van der Waals surface area (Å²) in [7, 11) is 0. The number of unbranched alkanes of at least 4 members (excludes halogenated alkanes) is 18. The van der Waals surface area contributed by atoms with Gasteiger partial charge in [0, 0.05) is 19.3 Å². The Morgan fingerprint density at radius 2 is 0.621 bits per heavy atom. The van der Waals surface area contributed by atoms with Crippen LogP contribution in [0, 0.1) is 0 Å². The average Bonchev–Trinajstić information content (AvgIpc) is 3.31. The van der Waals surface area contributed by atoms with E-state index >= 15 is 0 Å². The molecule has 0 bridgehead atoms. The number of ether oxygens (including phenoxy) is 3. The van der Waals surface area contributed by atoms with Crippen LogP contribution in [-0.2, 0) is 28.6 Å². The zero-order chi connectivity index (χ0) is 47.9. The summed E-state index contributed by atoms with van der Waals surface area (Å²) in [6, 6.07) is 0. The summed E-state index contributed by atoms with van der Waals surface area (Å²) in [5.74, 6) is -1.07. The highest BCUT2D eigenvalue weighted by Crippen LogP contribution is 2.15. The molecular formula is C60H98O6. The van der Waals surface area contributed by atoms with Crippen LogP contribution in [0.25, 0.3) is 0 Å². The molecule has 0 aromatic carbocycles. The molecule has 0 rings (SSSR count). The van der Waals surface area contributed by atoms with Gasteiger partial charge in [-0.2, -0.15) is 0 Å². The van der Waals surface area contributed by atoms with Gasteiger partial charge in [-0.3, -0.25) is 14.4 Å². The van der Waals surface area contributed by atoms with Crippen LogP contribution in [0.5, 0.6) is 0 Å². The maximum atomic E-state index is 12.8. The van der Waals surface area contributed by atoms with Crippen LogP contribution in [-0.4, -0.2) is 37.2 Å². The van der Waals surface area contributed by atoms with Crippen LogP contribution < -0.4 is 0 Å². The Hall–Kier alpha value is -3.93. The topological polar surface area (TPSA) is 78.9 Å². The maximum absolute atomic E-state index is 12.8. The van der Waals surface area contributed by atoms with E-state index < -0.39 is 6.10 Å². The van der Waals surface area contributed by atoms with Crippen molar-refractivity contribution in [3.63, 3.8) is 0 Å². The number of carbonyl (C=O) groups is 3. The molecule has 0 spiro atoms.